The lowest BCUT2D eigenvalue weighted by atomic mass is 10.1. The van der Waals surface area contributed by atoms with E-state index in [0.29, 0.717) is 12.3 Å². The first-order valence-electron chi connectivity index (χ1n) is 7.94. The molecule has 2 nitrogen and oxygen atoms in total. The van der Waals surface area contributed by atoms with Gasteiger partial charge in [0.05, 0.1) is 0 Å². The molecule has 0 radical (unpaired) electrons. The van der Waals surface area contributed by atoms with Crippen molar-refractivity contribution in [3.05, 3.63) is 71.8 Å². The number of rotatable bonds is 8. The van der Waals surface area contributed by atoms with Crippen LogP contribution in [0.25, 0.3) is 6.08 Å². The van der Waals surface area contributed by atoms with E-state index < -0.39 is 0 Å². The minimum atomic E-state index is 0.0654. The average Bonchev–Trinajstić information content (AvgIpc) is 2.59. The first-order valence-corrected chi connectivity index (χ1v) is 8.48. The van der Waals surface area contributed by atoms with E-state index in [2.05, 4.69) is 29.6 Å². The first kappa shape index (κ1) is 17.3. The van der Waals surface area contributed by atoms with Gasteiger partial charge in [0.1, 0.15) is 0 Å². The topological polar surface area (TPSA) is 29.1 Å². The van der Waals surface area contributed by atoms with Crippen molar-refractivity contribution in [2.45, 2.75) is 31.6 Å². The Balaban J connectivity index is 1.62. The summed E-state index contributed by atoms with van der Waals surface area (Å²) in [6.45, 7) is 0. The van der Waals surface area contributed by atoms with Crippen molar-refractivity contribution in [3.8, 4) is 0 Å². The molecule has 3 heteroatoms. The maximum Gasteiger partial charge on any atom is 0.224 e. The second kappa shape index (κ2) is 9.86. The fourth-order valence-corrected chi connectivity index (χ4v) is 2.41. The van der Waals surface area contributed by atoms with Gasteiger partial charge in [-0.05, 0) is 42.5 Å². The van der Waals surface area contributed by atoms with Gasteiger partial charge in [-0.15, -0.1) is 11.6 Å². The summed E-state index contributed by atoms with van der Waals surface area (Å²) in [7, 11) is 0. The van der Waals surface area contributed by atoms with Crippen molar-refractivity contribution in [1.82, 2.24) is 0 Å². The molecule has 0 aliphatic carbocycles. The van der Waals surface area contributed by atoms with Crippen molar-refractivity contribution < 1.29 is 4.79 Å². The number of hydrogen-bond acceptors (Lipinski definition) is 1. The second-order valence-electron chi connectivity index (χ2n) is 5.44. The van der Waals surface area contributed by atoms with Crippen molar-refractivity contribution in [2.75, 3.05) is 5.32 Å². The van der Waals surface area contributed by atoms with Gasteiger partial charge in [0.2, 0.25) is 5.91 Å². The minimum Gasteiger partial charge on any atom is -0.326 e. The number of carbonyl (C=O) groups is 1. The van der Waals surface area contributed by atoms with Crippen LogP contribution in [0.3, 0.4) is 0 Å². The van der Waals surface area contributed by atoms with Crippen LogP contribution in [0.15, 0.2) is 60.7 Å². The number of halogens is 1. The van der Waals surface area contributed by atoms with E-state index in [1.54, 1.807) is 0 Å². The summed E-state index contributed by atoms with van der Waals surface area (Å²) >= 11 is 5.74. The zero-order chi connectivity index (χ0) is 16.3. The van der Waals surface area contributed by atoms with E-state index in [1.807, 2.05) is 42.5 Å². The Hall–Kier alpha value is -2.06. The summed E-state index contributed by atoms with van der Waals surface area (Å²) < 4.78 is 0. The molecule has 0 saturated heterocycles. The normalized spacial score (nSPS) is 10.8. The molecule has 2 aromatic rings. The van der Waals surface area contributed by atoms with E-state index in [4.69, 9.17) is 11.6 Å². The highest BCUT2D eigenvalue weighted by atomic mass is 35.5. The van der Waals surface area contributed by atoms with Crippen LogP contribution < -0.4 is 5.32 Å². The van der Waals surface area contributed by atoms with Gasteiger partial charge < -0.3 is 5.32 Å². The molecule has 1 N–H and O–H groups in total. The molecule has 0 unspecified atom stereocenters. The third-order valence-corrected chi connectivity index (χ3v) is 3.84. The lowest BCUT2D eigenvalue weighted by Gasteiger charge is -2.05. The van der Waals surface area contributed by atoms with Gasteiger partial charge in [-0.25, -0.2) is 0 Å². The Labute approximate surface area is 143 Å². The summed E-state index contributed by atoms with van der Waals surface area (Å²) in [4.78, 5) is 11.9. The van der Waals surface area contributed by atoms with Crippen molar-refractivity contribution >= 4 is 29.3 Å². The Bertz CT molecular complexity index is 620. The van der Waals surface area contributed by atoms with E-state index in [9.17, 15) is 4.79 Å². The zero-order valence-electron chi connectivity index (χ0n) is 13.2. The number of nitrogens with one attached hydrogen (secondary N) is 1. The lowest BCUT2D eigenvalue weighted by molar-refractivity contribution is -0.116. The lowest BCUT2D eigenvalue weighted by Crippen LogP contribution is -2.10. The maximum absolute atomic E-state index is 11.9. The molecule has 120 valence electrons. The molecule has 0 aromatic heterocycles. The molecule has 23 heavy (non-hydrogen) atoms. The Morgan fingerprint density at radius 3 is 2.43 bits per heavy atom. The number of unbranched alkanes of at least 4 members (excludes halogenated alkanes) is 2. The highest BCUT2D eigenvalue weighted by Crippen LogP contribution is 2.12. The number of amides is 1. The quantitative estimate of drug-likeness (QED) is 0.493. The van der Waals surface area contributed by atoms with E-state index in [0.717, 1.165) is 30.5 Å². The van der Waals surface area contributed by atoms with Crippen LogP contribution in [0.1, 0.15) is 36.8 Å². The van der Waals surface area contributed by atoms with E-state index in [1.165, 1.54) is 5.56 Å². The molecule has 0 heterocycles. The second-order valence-corrected chi connectivity index (χ2v) is 5.70. The molecule has 0 aliphatic heterocycles. The van der Waals surface area contributed by atoms with Crippen LogP contribution in [0.2, 0.25) is 0 Å². The third-order valence-electron chi connectivity index (χ3n) is 3.53. The molecule has 1 amide bonds. The van der Waals surface area contributed by atoms with E-state index in [-0.39, 0.29) is 5.91 Å². The first-order chi connectivity index (χ1) is 11.3. The smallest absolute Gasteiger partial charge is 0.224 e. The van der Waals surface area contributed by atoms with Gasteiger partial charge in [0, 0.05) is 18.0 Å². The van der Waals surface area contributed by atoms with Crippen LogP contribution in [-0.4, -0.2) is 5.91 Å². The summed E-state index contributed by atoms with van der Waals surface area (Å²) in [5.74, 6) is 0.556. The number of benzene rings is 2. The van der Waals surface area contributed by atoms with Gasteiger partial charge in [-0.1, -0.05) is 54.6 Å². The molecule has 2 rings (SSSR count). The molecule has 2 aromatic carbocycles. The van der Waals surface area contributed by atoms with Gasteiger partial charge in [-0.3, -0.25) is 4.79 Å². The Morgan fingerprint density at radius 1 is 1.00 bits per heavy atom. The fourth-order valence-electron chi connectivity index (χ4n) is 2.23. The molecule has 0 bridgehead atoms. The number of hydrogen-bond donors (Lipinski definition) is 1. The van der Waals surface area contributed by atoms with Crippen LogP contribution in [0.4, 0.5) is 5.69 Å². The van der Waals surface area contributed by atoms with Gasteiger partial charge in [0.25, 0.3) is 0 Å². The van der Waals surface area contributed by atoms with Gasteiger partial charge >= 0.3 is 0 Å². The standard InChI is InChI=1S/C20H22ClNO/c21-16-18-12-14-19(15-13-18)22-20(23)11-7-2-1-4-8-17-9-5-3-6-10-17/h3-6,8-10,12-15H,1-2,7,11,16H2,(H,22,23)/b8-4+. The third kappa shape index (κ3) is 6.70. The van der Waals surface area contributed by atoms with Crippen LogP contribution in [0, 0.1) is 0 Å². The molecule has 0 aliphatic rings. The molecule has 0 spiro atoms. The number of allylic oxidation sites excluding steroid dienone is 1. The summed E-state index contributed by atoms with van der Waals surface area (Å²) in [6, 6.07) is 17.9. The van der Waals surface area contributed by atoms with Gasteiger partial charge in [-0.2, -0.15) is 0 Å². The van der Waals surface area contributed by atoms with Crippen molar-refractivity contribution in [2.24, 2.45) is 0 Å². The van der Waals surface area contributed by atoms with Crippen LogP contribution in [0.5, 0.6) is 0 Å². The Morgan fingerprint density at radius 2 is 1.74 bits per heavy atom. The minimum absolute atomic E-state index is 0.0654. The molecular weight excluding hydrogens is 306 g/mol. The largest absolute Gasteiger partial charge is 0.326 e. The number of anilines is 1. The molecular formula is C20H22ClNO. The van der Waals surface area contributed by atoms with Crippen LogP contribution in [-0.2, 0) is 10.7 Å². The molecule has 0 saturated carbocycles. The predicted octanol–water partition coefficient (Wildman–Crippen LogP) is 5.64. The monoisotopic (exact) mass is 327 g/mol. The van der Waals surface area contributed by atoms with Crippen molar-refractivity contribution in [1.29, 1.82) is 0 Å². The molecule has 0 atom stereocenters. The SMILES string of the molecule is O=C(CCCC/C=C/c1ccccc1)Nc1ccc(CCl)cc1. The summed E-state index contributed by atoms with van der Waals surface area (Å²) in [5.41, 5.74) is 3.09. The maximum atomic E-state index is 11.9. The zero-order valence-corrected chi connectivity index (χ0v) is 13.9. The van der Waals surface area contributed by atoms with Crippen LogP contribution >= 0.6 is 11.6 Å². The fraction of sp³-hybridized carbons (Fsp3) is 0.250. The number of alkyl halides is 1. The van der Waals surface area contributed by atoms with Gasteiger partial charge in [0.15, 0.2) is 0 Å². The summed E-state index contributed by atoms with van der Waals surface area (Å²) in [5, 5.41) is 2.91. The average molecular weight is 328 g/mol. The number of carbonyl (C=O) groups excluding carboxylic acids is 1. The molecule has 0 fully saturated rings. The van der Waals surface area contributed by atoms with E-state index >= 15 is 0 Å². The summed E-state index contributed by atoms with van der Waals surface area (Å²) in [6.07, 6.45) is 7.74. The highest BCUT2D eigenvalue weighted by molar-refractivity contribution is 6.17. The van der Waals surface area contributed by atoms with Crippen molar-refractivity contribution in [3.63, 3.8) is 0 Å². The Kier molecular flexibility index (Phi) is 7.41. The highest BCUT2D eigenvalue weighted by Gasteiger charge is 2.01. The predicted molar refractivity (Wildman–Crippen MR) is 98.6 cm³/mol.